The van der Waals surface area contributed by atoms with Crippen LogP contribution in [-0.2, 0) is 6.54 Å². The molecule has 1 unspecified atom stereocenters. The van der Waals surface area contributed by atoms with Gasteiger partial charge in [0, 0.05) is 25.0 Å². The molecule has 1 rings (SSSR count). The van der Waals surface area contributed by atoms with Crippen molar-refractivity contribution in [3.05, 3.63) is 24.0 Å². The van der Waals surface area contributed by atoms with Gasteiger partial charge in [0.1, 0.15) is 0 Å². The van der Waals surface area contributed by atoms with Crippen molar-refractivity contribution in [2.75, 3.05) is 6.54 Å². The van der Waals surface area contributed by atoms with Crippen molar-refractivity contribution < 1.29 is 0 Å². The van der Waals surface area contributed by atoms with Gasteiger partial charge in [0.15, 0.2) is 0 Å². The van der Waals surface area contributed by atoms with Crippen LogP contribution in [0.25, 0.3) is 0 Å². The highest BCUT2D eigenvalue weighted by Crippen LogP contribution is 2.21. The Kier molecular flexibility index (Phi) is 5.26. The van der Waals surface area contributed by atoms with Crippen LogP contribution in [0, 0.1) is 5.41 Å². The molecule has 0 aromatic carbocycles. The molecule has 0 saturated heterocycles. The molecule has 1 aromatic rings. The zero-order valence-corrected chi connectivity index (χ0v) is 12.1. The van der Waals surface area contributed by atoms with Gasteiger partial charge in [-0.15, -0.1) is 0 Å². The van der Waals surface area contributed by atoms with Crippen LogP contribution >= 0.6 is 0 Å². The molecule has 2 heteroatoms. The van der Waals surface area contributed by atoms with Crippen LogP contribution in [0.15, 0.2) is 18.5 Å². The van der Waals surface area contributed by atoms with Gasteiger partial charge in [0.2, 0.25) is 0 Å². The molecular weight excluding hydrogens is 208 g/mol. The average Bonchev–Trinajstić information content (AvgIpc) is 2.65. The fourth-order valence-corrected chi connectivity index (χ4v) is 2.07. The van der Waals surface area contributed by atoms with Gasteiger partial charge in [-0.1, -0.05) is 27.7 Å². The van der Waals surface area contributed by atoms with Crippen LogP contribution < -0.4 is 5.32 Å². The van der Waals surface area contributed by atoms with E-state index in [9.17, 15) is 0 Å². The zero-order chi connectivity index (χ0) is 12.9. The first-order valence-electron chi connectivity index (χ1n) is 6.81. The van der Waals surface area contributed by atoms with Crippen molar-refractivity contribution in [3.63, 3.8) is 0 Å². The van der Waals surface area contributed by atoms with Gasteiger partial charge in [-0.3, -0.25) is 0 Å². The van der Waals surface area contributed by atoms with Crippen molar-refractivity contribution in [3.8, 4) is 0 Å². The topological polar surface area (TPSA) is 17.0 Å². The highest BCUT2D eigenvalue weighted by atomic mass is 15.0. The third-order valence-electron chi connectivity index (χ3n) is 3.13. The summed E-state index contributed by atoms with van der Waals surface area (Å²) in [4.78, 5) is 0. The summed E-state index contributed by atoms with van der Waals surface area (Å²) in [7, 11) is 0. The molecule has 2 nitrogen and oxygen atoms in total. The fourth-order valence-electron chi connectivity index (χ4n) is 2.07. The van der Waals surface area contributed by atoms with Gasteiger partial charge in [0.05, 0.1) is 0 Å². The quantitative estimate of drug-likeness (QED) is 0.790. The van der Waals surface area contributed by atoms with Gasteiger partial charge < -0.3 is 9.88 Å². The molecule has 0 saturated carbocycles. The summed E-state index contributed by atoms with van der Waals surface area (Å²) in [6.45, 7) is 13.5. The molecule has 1 N–H and O–H groups in total. The molecule has 1 atom stereocenters. The molecule has 0 aliphatic carbocycles. The van der Waals surface area contributed by atoms with Gasteiger partial charge in [-0.25, -0.2) is 0 Å². The van der Waals surface area contributed by atoms with E-state index in [1.165, 1.54) is 18.4 Å². The molecular formula is C15H28N2. The number of rotatable bonds is 6. The van der Waals surface area contributed by atoms with E-state index >= 15 is 0 Å². The second kappa shape index (κ2) is 6.25. The Morgan fingerprint density at radius 1 is 1.35 bits per heavy atom. The van der Waals surface area contributed by atoms with E-state index in [1.54, 1.807) is 0 Å². The van der Waals surface area contributed by atoms with E-state index in [2.05, 4.69) is 63.0 Å². The van der Waals surface area contributed by atoms with E-state index in [1.807, 2.05) is 0 Å². The van der Waals surface area contributed by atoms with E-state index in [0.717, 1.165) is 13.1 Å². The predicted molar refractivity (Wildman–Crippen MR) is 75.2 cm³/mol. The lowest BCUT2D eigenvalue weighted by Crippen LogP contribution is -2.17. The molecule has 0 amide bonds. The van der Waals surface area contributed by atoms with Crippen LogP contribution in [-0.4, -0.2) is 11.1 Å². The Hall–Kier alpha value is -0.760. The third kappa shape index (κ3) is 5.40. The third-order valence-corrected chi connectivity index (χ3v) is 3.13. The summed E-state index contributed by atoms with van der Waals surface area (Å²) in [6.07, 6.45) is 7.01. The number of hydrogen-bond donors (Lipinski definition) is 1. The summed E-state index contributed by atoms with van der Waals surface area (Å²) in [5.41, 5.74) is 1.84. The summed E-state index contributed by atoms with van der Waals surface area (Å²) in [5, 5.41) is 3.44. The van der Waals surface area contributed by atoms with Gasteiger partial charge >= 0.3 is 0 Å². The molecule has 0 aliphatic rings. The van der Waals surface area contributed by atoms with Gasteiger partial charge in [-0.05, 0) is 43.4 Å². The first-order chi connectivity index (χ1) is 7.92. The van der Waals surface area contributed by atoms with Gasteiger partial charge in [-0.2, -0.15) is 0 Å². The highest BCUT2D eigenvalue weighted by molar-refractivity contribution is 5.14. The second-order valence-electron chi connectivity index (χ2n) is 6.13. The lowest BCUT2D eigenvalue weighted by molar-refractivity contribution is 0.353. The Bertz CT molecular complexity index is 320. The molecule has 17 heavy (non-hydrogen) atoms. The van der Waals surface area contributed by atoms with Crippen LogP contribution in [0.5, 0.6) is 0 Å². The summed E-state index contributed by atoms with van der Waals surface area (Å²) < 4.78 is 2.31. The number of aryl methyl sites for hydroxylation is 1. The summed E-state index contributed by atoms with van der Waals surface area (Å²) >= 11 is 0. The molecule has 0 spiro atoms. The van der Waals surface area contributed by atoms with E-state index in [0.29, 0.717) is 11.5 Å². The van der Waals surface area contributed by atoms with Crippen molar-refractivity contribution in [2.24, 2.45) is 5.41 Å². The summed E-state index contributed by atoms with van der Waals surface area (Å²) in [5.74, 6) is 0. The smallest absolute Gasteiger partial charge is 0.0306 e. The molecule has 0 fully saturated rings. The Balaban J connectivity index is 2.40. The first-order valence-corrected chi connectivity index (χ1v) is 6.81. The lowest BCUT2D eigenvalue weighted by Gasteiger charge is -2.17. The van der Waals surface area contributed by atoms with Crippen LogP contribution in [0.2, 0.25) is 0 Å². The normalized spacial score (nSPS) is 13.9. The minimum atomic E-state index is 0.451. The maximum atomic E-state index is 3.44. The Labute approximate surface area is 106 Å². The monoisotopic (exact) mass is 236 g/mol. The molecule has 1 heterocycles. The standard InChI is InChI=1S/C15H28N2/c1-6-16-13(2)14-8-11-17(12-14)10-7-9-15(3,4)5/h8,11-13,16H,6-7,9-10H2,1-5H3. The SMILES string of the molecule is CCNC(C)c1ccn(CCCC(C)(C)C)c1. The number of nitrogens with one attached hydrogen (secondary N) is 1. The first kappa shape index (κ1) is 14.3. The predicted octanol–water partition coefficient (Wildman–Crippen LogP) is 3.98. The average molecular weight is 236 g/mol. The highest BCUT2D eigenvalue weighted by Gasteiger charge is 2.10. The van der Waals surface area contributed by atoms with Gasteiger partial charge in [0.25, 0.3) is 0 Å². The number of hydrogen-bond acceptors (Lipinski definition) is 1. The van der Waals surface area contributed by atoms with E-state index in [-0.39, 0.29) is 0 Å². The number of aromatic nitrogens is 1. The Morgan fingerprint density at radius 2 is 2.06 bits per heavy atom. The molecule has 1 aromatic heterocycles. The van der Waals surface area contributed by atoms with Crippen molar-refractivity contribution in [1.82, 2.24) is 9.88 Å². The number of nitrogens with zero attached hydrogens (tertiary/aromatic N) is 1. The minimum absolute atomic E-state index is 0.451. The van der Waals surface area contributed by atoms with Crippen LogP contribution in [0.1, 0.15) is 59.1 Å². The lowest BCUT2D eigenvalue weighted by atomic mass is 9.91. The maximum absolute atomic E-state index is 3.44. The van der Waals surface area contributed by atoms with Crippen molar-refractivity contribution >= 4 is 0 Å². The largest absolute Gasteiger partial charge is 0.354 e. The van der Waals surface area contributed by atoms with Crippen LogP contribution in [0.3, 0.4) is 0 Å². The molecule has 0 radical (unpaired) electrons. The summed E-state index contributed by atoms with van der Waals surface area (Å²) in [6, 6.07) is 2.69. The maximum Gasteiger partial charge on any atom is 0.0306 e. The van der Waals surface area contributed by atoms with Crippen molar-refractivity contribution in [2.45, 2.75) is 60.0 Å². The molecule has 0 aliphatic heterocycles. The molecule has 0 bridgehead atoms. The van der Waals surface area contributed by atoms with Crippen LogP contribution in [0.4, 0.5) is 0 Å². The van der Waals surface area contributed by atoms with E-state index in [4.69, 9.17) is 0 Å². The second-order valence-corrected chi connectivity index (χ2v) is 6.13. The van der Waals surface area contributed by atoms with Crippen molar-refractivity contribution in [1.29, 1.82) is 0 Å². The van der Waals surface area contributed by atoms with E-state index < -0.39 is 0 Å². The zero-order valence-electron chi connectivity index (χ0n) is 12.1. The Morgan fingerprint density at radius 3 is 2.65 bits per heavy atom. The minimum Gasteiger partial charge on any atom is -0.354 e. The fraction of sp³-hybridized carbons (Fsp3) is 0.733. The molecule has 98 valence electrons.